The van der Waals surface area contributed by atoms with E-state index in [4.69, 9.17) is 10.5 Å². The zero-order chi connectivity index (χ0) is 12.3. The number of nitrogens with zero attached hydrogens (tertiary/aromatic N) is 2. The van der Waals surface area contributed by atoms with Gasteiger partial charge in [0.05, 0.1) is 6.04 Å². The van der Waals surface area contributed by atoms with Crippen molar-refractivity contribution in [2.24, 2.45) is 11.7 Å². The Balaban J connectivity index is 1.96. The average Bonchev–Trinajstić information content (AvgIpc) is 2.39. The molecule has 5 heteroatoms. The van der Waals surface area contributed by atoms with Gasteiger partial charge in [-0.2, -0.15) is 0 Å². The number of likely N-dealkylation sites (N-methyl/N-ethyl adjacent to an activating group) is 1. The largest absolute Gasteiger partial charge is 0.381 e. The van der Waals surface area contributed by atoms with Crippen molar-refractivity contribution in [2.75, 3.05) is 46.4 Å². The minimum absolute atomic E-state index is 0.154. The van der Waals surface area contributed by atoms with Gasteiger partial charge in [0.1, 0.15) is 0 Å². The second-order valence-corrected chi connectivity index (χ2v) is 5.07. The third-order valence-electron chi connectivity index (χ3n) is 3.81. The Morgan fingerprint density at radius 3 is 2.71 bits per heavy atom. The van der Waals surface area contributed by atoms with Gasteiger partial charge in [0, 0.05) is 45.3 Å². The summed E-state index contributed by atoms with van der Waals surface area (Å²) in [5.41, 5.74) is 5.78. The molecule has 0 radical (unpaired) electrons. The number of rotatable bonds is 2. The smallest absolute Gasteiger partial charge is 0.226 e. The molecule has 17 heavy (non-hydrogen) atoms. The molecule has 1 amide bonds. The van der Waals surface area contributed by atoms with Crippen molar-refractivity contribution in [2.45, 2.75) is 18.9 Å². The molecule has 0 spiro atoms. The number of hydrogen-bond acceptors (Lipinski definition) is 4. The lowest BCUT2D eigenvalue weighted by Gasteiger charge is -2.41. The Morgan fingerprint density at radius 2 is 2.06 bits per heavy atom. The summed E-state index contributed by atoms with van der Waals surface area (Å²) in [6.45, 7) is 4.65. The molecule has 2 N–H and O–H groups in total. The number of hydrogen-bond donors (Lipinski definition) is 1. The molecule has 0 aromatic carbocycles. The number of carbonyl (C=O) groups excluding carboxylic acids is 1. The predicted molar refractivity (Wildman–Crippen MR) is 65.6 cm³/mol. The predicted octanol–water partition coefficient (Wildman–Crippen LogP) is -0.486. The first kappa shape index (κ1) is 12.8. The lowest BCUT2D eigenvalue weighted by molar-refractivity contribution is -0.143. The fourth-order valence-electron chi connectivity index (χ4n) is 2.68. The van der Waals surface area contributed by atoms with Gasteiger partial charge in [0.25, 0.3) is 0 Å². The molecule has 2 heterocycles. The van der Waals surface area contributed by atoms with E-state index >= 15 is 0 Å². The van der Waals surface area contributed by atoms with Crippen molar-refractivity contribution in [3.05, 3.63) is 0 Å². The monoisotopic (exact) mass is 241 g/mol. The molecule has 2 aliphatic rings. The van der Waals surface area contributed by atoms with Gasteiger partial charge in [0.2, 0.25) is 5.91 Å². The maximum Gasteiger partial charge on any atom is 0.226 e. The van der Waals surface area contributed by atoms with Crippen LogP contribution in [0.2, 0.25) is 0 Å². The van der Waals surface area contributed by atoms with E-state index in [9.17, 15) is 4.79 Å². The van der Waals surface area contributed by atoms with Crippen molar-refractivity contribution >= 4 is 5.91 Å². The third kappa shape index (κ3) is 2.97. The molecule has 0 aliphatic carbocycles. The second kappa shape index (κ2) is 5.80. The lowest BCUT2D eigenvalue weighted by Crippen LogP contribution is -2.58. The molecular weight excluding hydrogens is 218 g/mol. The second-order valence-electron chi connectivity index (χ2n) is 5.07. The molecule has 1 atom stereocenters. The average molecular weight is 241 g/mol. The highest BCUT2D eigenvalue weighted by Gasteiger charge is 2.32. The number of piperazine rings is 1. The summed E-state index contributed by atoms with van der Waals surface area (Å²) >= 11 is 0. The summed E-state index contributed by atoms with van der Waals surface area (Å²) in [7, 11) is 2.08. The molecular formula is C12H23N3O2. The van der Waals surface area contributed by atoms with Crippen LogP contribution in [-0.4, -0.2) is 68.2 Å². The Kier molecular flexibility index (Phi) is 4.36. The topological polar surface area (TPSA) is 58.8 Å². The number of nitrogens with two attached hydrogens (primary N) is 1. The van der Waals surface area contributed by atoms with Crippen molar-refractivity contribution in [3.8, 4) is 0 Å². The quantitative estimate of drug-likeness (QED) is 0.709. The minimum atomic E-state index is 0.154. The summed E-state index contributed by atoms with van der Waals surface area (Å²) in [6, 6.07) is 0.184. The number of ether oxygens (including phenoxy) is 1. The van der Waals surface area contributed by atoms with Crippen LogP contribution in [0.5, 0.6) is 0 Å². The van der Waals surface area contributed by atoms with Crippen LogP contribution in [0.4, 0.5) is 0 Å². The van der Waals surface area contributed by atoms with E-state index in [2.05, 4.69) is 11.9 Å². The molecule has 0 saturated carbocycles. The van der Waals surface area contributed by atoms with E-state index in [0.29, 0.717) is 6.54 Å². The molecule has 0 bridgehead atoms. The molecule has 2 fully saturated rings. The van der Waals surface area contributed by atoms with Gasteiger partial charge in [-0.15, -0.1) is 0 Å². The van der Waals surface area contributed by atoms with Crippen LogP contribution < -0.4 is 5.73 Å². The van der Waals surface area contributed by atoms with Gasteiger partial charge < -0.3 is 20.3 Å². The molecule has 5 nitrogen and oxygen atoms in total. The Morgan fingerprint density at radius 1 is 1.35 bits per heavy atom. The van der Waals surface area contributed by atoms with Gasteiger partial charge in [-0.05, 0) is 19.9 Å². The highest BCUT2D eigenvalue weighted by Crippen LogP contribution is 2.20. The fourth-order valence-corrected chi connectivity index (χ4v) is 2.68. The standard InChI is InChI=1S/C12H23N3O2/c1-14-4-5-15(11(8-13)9-14)12(16)10-2-6-17-7-3-10/h10-11H,2-9,13H2,1H3. The summed E-state index contributed by atoms with van der Waals surface area (Å²) in [4.78, 5) is 16.7. The van der Waals surface area contributed by atoms with E-state index in [1.54, 1.807) is 0 Å². The molecule has 98 valence electrons. The van der Waals surface area contributed by atoms with Gasteiger partial charge in [-0.3, -0.25) is 4.79 Å². The van der Waals surface area contributed by atoms with Crippen LogP contribution in [0.15, 0.2) is 0 Å². The summed E-state index contributed by atoms with van der Waals surface area (Å²) < 4.78 is 5.30. The van der Waals surface area contributed by atoms with Crippen LogP contribution in [0.1, 0.15) is 12.8 Å². The highest BCUT2D eigenvalue weighted by molar-refractivity contribution is 5.79. The zero-order valence-corrected chi connectivity index (χ0v) is 10.6. The maximum absolute atomic E-state index is 12.4. The molecule has 2 aliphatic heterocycles. The van der Waals surface area contributed by atoms with E-state index in [1.165, 1.54) is 0 Å². The molecule has 2 rings (SSSR count). The molecule has 2 saturated heterocycles. The van der Waals surface area contributed by atoms with E-state index in [1.807, 2.05) is 4.90 Å². The Bertz CT molecular complexity index is 266. The van der Waals surface area contributed by atoms with E-state index in [0.717, 1.165) is 45.7 Å². The Labute approximate surface area is 103 Å². The van der Waals surface area contributed by atoms with Gasteiger partial charge in [-0.25, -0.2) is 0 Å². The number of carbonyl (C=O) groups is 1. The zero-order valence-electron chi connectivity index (χ0n) is 10.6. The normalized spacial score (nSPS) is 28.4. The fraction of sp³-hybridized carbons (Fsp3) is 0.917. The van der Waals surface area contributed by atoms with Crippen molar-refractivity contribution in [1.82, 2.24) is 9.80 Å². The summed E-state index contributed by atoms with van der Waals surface area (Å²) in [5.74, 6) is 0.443. The third-order valence-corrected chi connectivity index (χ3v) is 3.81. The first-order valence-corrected chi connectivity index (χ1v) is 6.49. The first-order chi connectivity index (χ1) is 8.22. The lowest BCUT2D eigenvalue weighted by atomic mass is 9.97. The van der Waals surface area contributed by atoms with Crippen LogP contribution in [0, 0.1) is 5.92 Å². The minimum Gasteiger partial charge on any atom is -0.381 e. The van der Waals surface area contributed by atoms with E-state index in [-0.39, 0.29) is 17.9 Å². The van der Waals surface area contributed by atoms with E-state index < -0.39 is 0 Å². The number of amides is 1. The molecule has 0 aromatic heterocycles. The van der Waals surface area contributed by atoms with Crippen molar-refractivity contribution < 1.29 is 9.53 Å². The SMILES string of the molecule is CN1CCN(C(=O)C2CCOCC2)C(CN)C1. The van der Waals surface area contributed by atoms with Gasteiger partial charge in [-0.1, -0.05) is 0 Å². The molecule has 0 aromatic rings. The van der Waals surface area contributed by atoms with Crippen LogP contribution in [0.3, 0.4) is 0 Å². The highest BCUT2D eigenvalue weighted by atomic mass is 16.5. The van der Waals surface area contributed by atoms with Crippen LogP contribution in [0.25, 0.3) is 0 Å². The first-order valence-electron chi connectivity index (χ1n) is 6.49. The summed E-state index contributed by atoms with van der Waals surface area (Å²) in [6.07, 6.45) is 1.73. The maximum atomic E-state index is 12.4. The van der Waals surface area contributed by atoms with Crippen LogP contribution >= 0.6 is 0 Å². The van der Waals surface area contributed by atoms with Gasteiger partial charge in [0.15, 0.2) is 0 Å². The Hall–Kier alpha value is -0.650. The van der Waals surface area contributed by atoms with Crippen molar-refractivity contribution in [1.29, 1.82) is 0 Å². The van der Waals surface area contributed by atoms with Crippen LogP contribution in [-0.2, 0) is 9.53 Å². The van der Waals surface area contributed by atoms with Crippen molar-refractivity contribution in [3.63, 3.8) is 0 Å². The van der Waals surface area contributed by atoms with Gasteiger partial charge >= 0.3 is 0 Å². The summed E-state index contributed by atoms with van der Waals surface area (Å²) in [5, 5.41) is 0. The molecule has 1 unspecified atom stereocenters.